The van der Waals surface area contributed by atoms with E-state index in [2.05, 4.69) is 5.32 Å². The van der Waals surface area contributed by atoms with Crippen LogP contribution in [0.1, 0.15) is 36.2 Å². The lowest BCUT2D eigenvalue weighted by Crippen LogP contribution is -2.54. The van der Waals surface area contributed by atoms with E-state index in [1.54, 1.807) is 26.0 Å². The lowest BCUT2D eigenvalue weighted by atomic mass is 9.98. The highest BCUT2D eigenvalue weighted by molar-refractivity contribution is 7.80. The number of rotatable bonds is 4. The molecule has 1 rings (SSSR count). The molecule has 0 bridgehead atoms. The van der Waals surface area contributed by atoms with Gasteiger partial charge >= 0.3 is 0 Å². The van der Waals surface area contributed by atoms with Crippen molar-refractivity contribution in [1.82, 2.24) is 5.32 Å². The minimum Gasteiger partial charge on any atom is -0.391 e. The Hall–Kier alpha value is -1.49. The molecule has 0 aromatic heterocycles. The highest BCUT2D eigenvalue weighted by Gasteiger charge is 2.29. The zero-order valence-corrected chi connectivity index (χ0v) is 11.5. The maximum absolute atomic E-state index is 13.8. The fraction of sp³-hybridized carbons (Fsp3) is 0.385. The molecule has 98 valence electrons. The van der Waals surface area contributed by atoms with Gasteiger partial charge in [-0.05, 0) is 31.9 Å². The smallest absolute Gasteiger partial charge is 0.255 e. The van der Waals surface area contributed by atoms with Gasteiger partial charge in [-0.3, -0.25) is 4.79 Å². The molecule has 0 radical (unpaired) electrons. The van der Waals surface area contributed by atoms with E-state index in [9.17, 15) is 9.18 Å². The van der Waals surface area contributed by atoms with Crippen molar-refractivity contribution in [3.63, 3.8) is 0 Å². The van der Waals surface area contributed by atoms with E-state index in [1.807, 2.05) is 6.92 Å². The number of nitrogens with two attached hydrogens (primary N) is 1. The molecule has 1 atom stereocenters. The normalized spacial score (nSPS) is 13.8. The van der Waals surface area contributed by atoms with Gasteiger partial charge in [-0.15, -0.1) is 0 Å². The van der Waals surface area contributed by atoms with E-state index >= 15 is 0 Å². The quantitative estimate of drug-likeness (QED) is 0.824. The minimum atomic E-state index is -0.803. The summed E-state index contributed by atoms with van der Waals surface area (Å²) in [7, 11) is 0. The molecule has 1 aromatic carbocycles. The molecule has 1 unspecified atom stereocenters. The van der Waals surface area contributed by atoms with Crippen LogP contribution in [0.4, 0.5) is 4.39 Å². The monoisotopic (exact) mass is 268 g/mol. The number of hydrogen-bond acceptors (Lipinski definition) is 2. The van der Waals surface area contributed by atoms with Gasteiger partial charge in [0.25, 0.3) is 5.91 Å². The Balaban J connectivity index is 3.02. The van der Waals surface area contributed by atoms with Gasteiger partial charge in [-0.25, -0.2) is 4.39 Å². The predicted octanol–water partition coefficient (Wildman–Crippen LogP) is 2.32. The van der Waals surface area contributed by atoms with Crippen LogP contribution in [0, 0.1) is 12.7 Å². The van der Waals surface area contributed by atoms with Gasteiger partial charge in [-0.1, -0.05) is 31.3 Å². The first kappa shape index (κ1) is 14.6. The summed E-state index contributed by atoms with van der Waals surface area (Å²) in [6.45, 7) is 5.19. The third-order valence-electron chi connectivity index (χ3n) is 3.08. The van der Waals surface area contributed by atoms with E-state index < -0.39 is 17.3 Å². The number of aryl methyl sites for hydroxylation is 1. The summed E-state index contributed by atoms with van der Waals surface area (Å²) >= 11 is 4.93. The van der Waals surface area contributed by atoms with Gasteiger partial charge in [0, 0.05) is 0 Å². The molecular weight excluding hydrogens is 251 g/mol. The Morgan fingerprint density at radius 2 is 2.17 bits per heavy atom. The molecule has 0 aliphatic rings. The molecular formula is C13H17FN2OS. The van der Waals surface area contributed by atoms with Crippen LogP contribution in [0.25, 0.3) is 0 Å². The van der Waals surface area contributed by atoms with Crippen LogP contribution in [0.5, 0.6) is 0 Å². The Morgan fingerprint density at radius 1 is 1.56 bits per heavy atom. The molecule has 18 heavy (non-hydrogen) atoms. The summed E-state index contributed by atoms with van der Waals surface area (Å²) in [5, 5.41) is 2.68. The summed E-state index contributed by atoms with van der Waals surface area (Å²) in [6.07, 6.45) is 0.543. The average Bonchev–Trinajstić information content (AvgIpc) is 2.32. The molecule has 3 nitrogen and oxygen atoms in total. The van der Waals surface area contributed by atoms with Gasteiger partial charge in [-0.2, -0.15) is 0 Å². The number of thiocarbonyl (C=S) groups is 1. The summed E-state index contributed by atoms with van der Waals surface area (Å²) in [4.78, 5) is 12.2. The van der Waals surface area contributed by atoms with Gasteiger partial charge in [0.2, 0.25) is 0 Å². The lowest BCUT2D eigenvalue weighted by molar-refractivity contribution is 0.0922. The van der Waals surface area contributed by atoms with E-state index in [1.165, 1.54) is 6.07 Å². The fourth-order valence-corrected chi connectivity index (χ4v) is 1.66. The first-order chi connectivity index (χ1) is 8.31. The minimum absolute atomic E-state index is 0.00549. The first-order valence-corrected chi connectivity index (χ1v) is 6.10. The van der Waals surface area contributed by atoms with Crippen LogP contribution in [-0.4, -0.2) is 16.4 Å². The molecule has 0 saturated carbocycles. The molecule has 3 N–H and O–H groups in total. The maximum Gasteiger partial charge on any atom is 0.255 e. The Bertz CT molecular complexity index is 490. The lowest BCUT2D eigenvalue weighted by Gasteiger charge is -2.28. The van der Waals surface area contributed by atoms with Crippen molar-refractivity contribution < 1.29 is 9.18 Å². The van der Waals surface area contributed by atoms with Crippen molar-refractivity contribution in [2.24, 2.45) is 5.73 Å². The number of hydrogen-bond donors (Lipinski definition) is 2. The van der Waals surface area contributed by atoms with E-state index in [-0.39, 0.29) is 10.6 Å². The van der Waals surface area contributed by atoms with Crippen molar-refractivity contribution in [2.45, 2.75) is 32.7 Å². The summed E-state index contributed by atoms with van der Waals surface area (Å²) in [5.41, 5.74) is 5.23. The van der Waals surface area contributed by atoms with E-state index in [0.29, 0.717) is 12.0 Å². The van der Waals surface area contributed by atoms with Gasteiger partial charge < -0.3 is 11.1 Å². The Kier molecular flexibility index (Phi) is 4.40. The SMILES string of the molecule is CCC(C)(NC(=O)c1cccc(C)c1F)C(N)=S. The molecule has 1 amide bonds. The van der Waals surface area contributed by atoms with Crippen molar-refractivity contribution in [3.05, 3.63) is 35.1 Å². The summed E-state index contributed by atoms with van der Waals surface area (Å²) < 4.78 is 13.8. The van der Waals surface area contributed by atoms with Gasteiger partial charge in [0.1, 0.15) is 5.82 Å². The highest BCUT2D eigenvalue weighted by Crippen LogP contribution is 2.15. The Labute approximate surface area is 112 Å². The van der Waals surface area contributed by atoms with Crippen LogP contribution in [0.15, 0.2) is 18.2 Å². The number of halogens is 1. The number of carbonyl (C=O) groups excluding carboxylic acids is 1. The van der Waals surface area contributed by atoms with E-state index in [4.69, 9.17) is 18.0 Å². The number of amides is 1. The van der Waals surface area contributed by atoms with Crippen molar-refractivity contribution in [3.8, 4) is 0 Å². The van der Waals surface area contributed by atoms with Crippen LogP contribution in [0.3, 0.4) is 0 Å². The largest absolute Gasteiger partial charge is 0.391 e. The first-order valence-electron chi connectivity index (χ1n) is 5.69. The van der Waals surface area contributed by atoms with Crippen molar-refractivity contribution in [1.29, 1.82) is 0 Å². The third kappa shape index (κ3) is 2.85. The van der Waals surface area contributed by atoms with Crippen molar-refractivity contribution >= 4 is 23.1 Å². The zero-order valence-electron chi connectivity index (χ0n) is 10.7. The third-order valence-corrected chi connectivity index (χ3v) is 3.53. The summed E-state index contributed by atoms with van der Waals surface area (Å²) in [5.74, 6) is -1.02. The second-order valence-electron chi connectivity index (χ2n) is 4.44. The second-order valence-corrected chi connectivity index (χ2v) is 4.88. The maximum atomic E-state index is 13.8. The average molecular weight is 268 g/mol. The molecule has 0 spiro atoms. The molecule has 1 aromatic rings. The summed E-state index contributed by atoms with van der Waals surface area (Å²) in [6, 6.07) is 4.68. The van der Waals surface area contributed by atoms with Gasteiger partial charge in [0.05, 0.1) is 16.1 Å². The van der Waals surface area contributed by atoms with Crippen LogP contribution < -0.4 is 11.1 Å². The molecule has 0 fully saturated rings. The Morgan fingerprint density at radius 3 is 2.67 bits per heavy atom. The van der Waals surface area contributed by atoms with Crippen LogP contribution >= 0.6 is 12.2 Å². The molecule has 0 heterocycles. The molecule has 0 saturated heterocycles. The topological polar surface area (TPSA) is 55.1 Å². The number of nitrogens with one attached hydrogen (secondary N) is 1. The molecule has 5 heteroatoms. The second kappa shape index (κ2) is 5.44. The number of carbonyl (C=O) groups is 1. The van der Waals surface area contributed by atoms with Gasteiger partial charge in [0.15, 0.2) is 0 Å². The number of benzene rings is 1. The van der Waals surface area contributed by atoms with Crippen LogP contribution in [0.2, 0.25) is 0 Å². The van der Waals surface area contributed by atoms with Crippen molar-refractivity contribution in [2.75, 3.05) is 0 Å². The van der Waals surface area contributed by atoms with Crippen LogP contribution in [-0.2, 0) is 0 Å². The molecule has 0 aliphatic heterocycles. The zero-order chi connectivity index (χ0) is 13.9. The standard InChI is InChI=1S/C13H17FN2OS/c1-4-13(3,12(15)18)16-11(17)9-7-5-6-8(2)10(9)14/h5-7H,4H2,1-3H3,(H2,15,18)(H,16,17). The van der Waals surface area contributed by atoms with E-state index in [0.717, 1.165) is 0 Å². The molecule has 0 aliphatic carbocycles. The predicted molar refractivity (Wildman–Crippen MR) is 74.1 cm³/mol. The highest BCUT2D eigenvalue weighted by atomic mass is 32.1. The fourth-order valence-electron chi connectivity index (χ4n) is 1.46.